The first kappa shape index (κ1) is 17.6. The average molecular weight is 383 g/mol. The summed E-state index contributed by atoms with van der Waals surface area (Å²) in [5.41, 5.74) is 2.82. The van der Waals surface area contributed by atoms with E-state index >= 15 is 0 Å². The van der Waals surface area contributed by atoms with E-state index in [-0.39, 0.29) is 11.8 Å². The van der Waals surface area contributed by atoms with Crippen LogP contribution in [0.5, 0.6) is 0 Å². The Morgan fingerprint density at radius 2 is 1.76 bits per heavy atom. The summed E-state index contributed by atoms with van der Waals surface area (Å²) in [7, 11) is 0. The number of piperidine rings is 1. The molecule has 0 saturated carbocycles. The van der Waals surface area contributed by atoms with Gasteiger partial charge in [0.1, 0.15) is 0 Å². The Hall–Kier alpha value is -3.54. The summed E-state index contributed by atoms with van der Waals surface area (Å²) in [4.78, 5) is 28.0. The van der Waals surface area contributed by atoms with E-state index in [9.17, 15) is 4.79 Å². The average Bonchev–Trinajstić information content (AvgIpc) is 2.79. The molecule has 4 aromatic rings. The number of hydrogen-bond acceptors (Lipinski definition) is 5. The molecule has 5 rings (SSSR count). The second-order valence-corrected chi connectivity index (χ2v) is 7.38. The standard InChI is InChI=1S/C23H21N5O/c29-23(27-21-6-11-26-20-5-10-25-15-19(20)21)16-7-12-28(13-8-16)22-3-1-2-17-14-24-9-4-18(17)22/h1-6,9-11,14-16H,7-8,12-13H2,(H,26,27,29). The van der Waals surface area contributed by atoms with Crippen molar-refractivity contribution in [3.8, 4) is 0 Å². The molecule has 0 radical (unpaired) electrons. The zero-order valence-electron chi connectivity index (χ0n) is 16.0. The van der Waals surface area contributed by atoms with E-state index in [0.717, 1.165) is 47.9 Å². The van der Waals surface area contributed by atoms with Crippen molar-refractivity contribution in [1.82, 2.24) is 15.0 Å². The minimum absolute atomic E-state index is 0.00257. The molecule has 3 aromatic heterocycles. The summed E-state index contributed by atoms with van der Waals surface area (Å²) in [5, 5.41) is 6.31. The summed E-state index contributed by atoms with van der Waals surface area (Å²) >= 11 is 0. The fourth-order valence-corrected chi connectivity index (χ4v) is 4.10. The van der Waals surface area contributed by atoms with Gasteiger partial charge in [0.2, 0.25) is 5.91 Å². The maximum absolute atomic E-state index is 12.9. The predicted octanol–water partition coefficient (Wildman–Crippen LogP) is 4.03. The van der Waals surface area contributed by atoms with Crippen LogP contribution in [0.15, 0.2) is 67.4 Å². The van der Waals surface area contributed by atoms with E-state index in [1.807, 2.05) is 24.5 Å². The lowest BCUT2D eigenvalue weighted by atomic mass is 9.95. The van der Waals surface area contributed by atoms with E-state index in [1.165, 1.54) is 11.1 Å². The largest absolute Gasteiger partial charge is 0.371 e. The maximum atomic E-state index is 12.9. The first-order valence-corrected chi connectivity index (χ1v) is 9.87. The van der Waals surface area contributed by atoms with Crippen LogP contribution in [0.25, 0.3) is 21.7 Å². The number of amides is 1. The quantitative estimate of drug-likeness (QED) is 0.578. The van der Waals surface area contributed by atoms with Gasteiger partial charge in [0, 0.05) is 71.8 Å². The highest BCUT2D eigenvalue weighted by Gasteiger charge is 2.26. The van der Waals surface area contributed by atoms with Crippen molar-refractivity contribution in [3.05, 3.63) is 67.4 Å². The van der Waals surface area contributed by atoms with Gasteiger partial charge in [-0.15, -0.1) is 0 Å². The molecule has 1 aliphatic rings. The Morgan fingerprint density at radius 1 is 0.931 bits per heavy atom. The topological polar surface area (TPSA) is 71.0 Å². The number of benzene rings is 1. The number of nitrogens with zero attached hydrogens (tertiary/aromatic N) is 4. The number of fused-ring (bicyclic) bond motifs is 2. The number of aromatic nitrogens is 3. The zero-order chi connectivity index (χ0) is 19.6. The van der Waals surface area contributed by atoms with Crippen molar-refractivity contribution < 1.29 is 4.79 Å². The molecule has 6 heteroatoms. The molecule has 29 heavy (non-hydrogen) atoms. The molecular formula is C23H21N5O. The molecule has 0 unspecified atom stereocenters. The van der Waals surface area contributed by atoms with E-state index in [0.29, 0.717) is 0 Å². The van der Waals surface area contributed by atoms with Gasteiger partial charge in [-0.05, 0) is 37.1 Å². The van der Waals surface area contributed by atoms with Gasteiger partial charge in [-0.3, -0.25) is 19.7 Å². The molecule has 6 nitrogen and oxygen atoms in total. The Kier molecular flexibility index (Phi) is 4.52. The molecule has 1 N–H and O–H groups in total. The van der Waals surface area contributed by atoms with Crippen LogP contribution in [0.3, 0.4) is 0 Å². The van der Waals surface area contributed by atoms with Crippen LogP contribution >= 0.6 is 0 Å². The Labute approximate surface area is 168 Å². The Balaban J connectivity index is 1.29. The van der Waals surface area contributed by atoms with Crippen molar-refractivity contribution >= 4 is 39.0 Å². The highest BCUT2D eigenvalue weighted by Crippen LogP contribution is 2.30. The lowest BCUT2D eigenvalue weighted by Crippen LogP contribution is -2.38. The van der Waals surface area contributed by atoms with Crippen molar-refractivity contribution in [2.75, 3.05) is 23.3 Å². The monoisotopic (exact) mass is 383 g/mol. The van der Waals surface area contributed by atoms with Crippen LogP contribution in [0.1, 0.15) is 12.8 Å². The first-order chi connectivity index (χ1) is 14.3. The molecule has 0 atom stereocenters. The van der Waals surface area contributed by atoms with Crippen molar-refractivity contribution in [2.45, 2.75) is 12.8 Å². The third kappa shape index (κ3) is 3.38. The minimum Gasteiger partial charge on any atom is -0.371 e. The van der Waals surface area contributed by atoms with Gasteiger partial charge < -0.3 is 10.2 Å². The van der Waals surface area contributed by atoms with Gasteiger partial charge in [-0.2, -0.15) is 0 Å². The van der Waals surface area contributed by atoms with Gasteiger partial charge in [0.15, 0.2) is 0 Å². The zero-order valence-corrected chi connectivity index (χ0v) is 16.0. The van der Waals surface area contributed by atoms with Crippen molar-refractivity contribution in [3.63, 3.8) is 0 Å². The summed E-state index contributed by atoms with van der Waals surface area (Å²) < 4.78 is 0. The van der Waals surface area contributed by atoms with E-state index in [4.69, 9.17) is 0 Å². The Bertz CT molecular complexity index is 1170. The van der Waals surface area contributed by atoms with Crippen LogP contribution in [0.2, 0.25) is 0 Å². The van der Waals surface area contributed by atoms with Crippen LogP contribution in [-0.2, 0) is 4.79 Å². The molecule has 0 bridgehead atoms. The second kappa shape index (κ2) is 7.47. The summed E-state index contributed by atoms with van der Waals surface area (Å²) in [6.45, 7) is 1.72. The highest BCUT2D eigenvalue weighted by atomic mass is 16.1. The number of nitrogens with one attached hydrogen (secondary N) is 1. The second-order valence-electron chi connectivity index (χ2n) is 7.38. The van der Waals surface area contributed by atoms with Crippen LogP contribution in [0.4, 0.5) is 11.4 Å². The van der Waals surface area contributed by atoms with Crippen LogP contribution < -0.4 is 10.2 Å². The summed E-state index contributed by atoms with van der Waals surface area (Å²) in [6, 6.07) is 12.1. The summed E-state index contributed by atoms with van der Waals surface area (Å²) in [6.07, 6.45) is 10.6. The van der Waals surface area contributed by atoms with E-state index in [2.05, 4.69) is 49.4 Å². The van der Waals surface area contributed by atoms with Gasteiger partial charge in [-0.1, -0.05) is 12.1 Å². The lowest BCUT2D eigenvalue weighted by Gasteiger charge is -2.33. The van der Waals surface area contributed by atoms with E-state index < -0.39 is 0 Å². The number of carbonyl (C=O) groups excluding carboxylic acids is 1. The van der Waals surface area contributed by atoms with Crippen molar-refractivity contribution in [2.24, 2.45) is 5.92 Å². The normalized spacial score (nSPS) is 15.0. The van der Waals surface area contributed by atoms with Gasteiger partial charge in [0.25, 0.3) is 0 Å². The Morgan fingerprint density at radius 3 is 2.66 bits per heavy atom. The van der Waals surface area contributed by atoms with Gasteiger partial charge >= 0.3 is 0 Å². The summed E-state index contributed by atoms with van der Waals surface area (Å²) in [5.74, 6) is 0.0749. The smallest absolute Gasteiger partial charge is 0.227 e. The number of pyridine rings is 3. The molecule has 4 heterocycles. The number of hydrogen-bond donors (Lipinski definition) is 1. The van der Waals surface area contributed by atoms with Gasteiger partial charge in [0.05, 0.1) is 11.2 Å². The first-order valence-electron chi connectivity index (χ1n) is 9.87. The molecule has 1 amide bonds. The highest BCUT2D eigenvalue weighted by molar-refractivity contribution is 6.01. The third-order valence-corrected chi connectivity index (χ3v) is 5.67. The minimum atomic E-state index is 0.00257. The molecular weight excluding hydrogens is 362 g/mol. The third-order valence-electron chi connectivity index (χ3n) is 5.67. The molecule has 0 aliphatic carbocycles. The molecule has 1 fully saturated rings. The fraction of sp³-hybridized carbons (Fsp3) is 0.217. The van der Waals surface area contributed by atoms with E-state index in [1.54, 1.807) is 18.6 Å². The van der Waals surface area contributed by atoms with Crippen LogP contribution in [-0.4, -0.2) is 33.9 Å². The molecule has 0 spiro atoms. The molecule has 1 aliphatic heterocycles. The van der Waals surface area contributed by atoms with Crippen molar-refractivity contribution in [1.29, 1.82) is 0 Å². The number of anilines is 2. The number of rotatable bonds is 3. The van der Waals surface area contributed by atoms with Gasteiger partial charge in [-0.25, -0.2) is 0 Å². The molecule has 1 saturated heterocycles. The predicted molar refractivity (Wildman–Crippen MR) is 115 cm³/mol. The van der Waals surface area contributed by atoms with Crippen LogP contribution in [0, 0.1) is 5.92 Å². The fourth-order valence-electron chi connectivity index (χ4n) is 4.10. The molecule has 1 aromatic carbocycles. The lowest BCUT2D eigenvalue weighted by molar-refractivity contribution is -0.120. The molecule has 144 valence electrons. The SMILES string of the molecule is O=C(Nc1ccnc2ccncc12)C1CCN(c2cccc3cnccc23)CC1. The maximum Gasteiger partial charge on any atom is 0.227 e. The number of carbonyl (C=O) groups is 1.